The minimum Gasteiger partial charge on any atom is -0.496 e. The highest BCUT2D eigenvalue weighted by Gasteiger charge is 2.39. The number of ether oxygens (including phenoxy) is 1. The second-order valence-corrected chi connectivity index (χ2v) is 9.31. The molecule has 0 unspecified atom stereocenters. The second-order valence-electron chi connectivity index (χ2n) is 9.31. The van der Waals surface area contributed by atoms with Crippen molar-refractivity contribution < 1.29 is 24.2 Å². The lowest BCUT2D eigenvalue weighted by Crippen LogP contribution is -2.64. The van der Waals surface area contributed by atoms with Crippen LogP contribution < -0.4 is 21.1 Å². The van der Waals surface area contributed by atoms with Gasteiger partial charge in [-0.15, -0.1) is 0 Å². The first kappa shape index (κ1) is 26.7. The average molecular weight is 490 g/mol. The number of amides is 3. The van der Waals surface area contributed by atoms with Gasteiger partial charge in [0, 0.05) is 37.8 Å². The van der Waals surface area contributed by atoms with Gasteiger partial charge in [-0.2, -0.15) is 0 Å². The Bertz CT molecular complexity index is 889. The van der Waals surface area contributed by atoms with Crippen molar-refractivity contribution in [2.24, 2.45) is 5.73 Å². The molecule has 1 aromatic carbocycles. The van der Waals surface area contributed by atoms with Gasteiger partial charge >= 0.3 is 6.09 Å². The first-order valence-electron chi connectivity index (χ1n) is 12.6. The van der Waals surface area contributed by atoms with Gasteiger partial charge in [-0.05, 0) is 30.9 Å². The fraction of sp³-hybridized carbons (Fsp3) is 0.640. The average Bonchev–Trinajstić information content (AvgIpc) is 2.89. The first-order chi connectivity index (χ1) is 16.9. The monoisotopic (exact) mass is 489 g/mol. The van der Waals surface area contributed by atoms with Crippen molar-refractivity contribution in [1.29, 1.82) is 0 Å². The van der Waals surface area contributed by atoms with Crippen LogP contribution in [0.3, 0.4) is 0 Å². The zero-order valence-electron chi connectivity index (χ0n) is 20.8. The third-order valence-electron chi connectivity index (χ3n) is 7.02. The number of rotatable bonds is 9. The van der Waals surface area contributed by atoms with Crippen molar-refractivity contribution in [2.45, 2.75) is 76.7 Å². The number of carbonyl (C=O) groups is 3. The van der Waals surface area contributed by atoms with E-state index in [1.165, 1.54) is 11.3 Å². The zero-order valence-corrected chi connectivity index (χ0v) is 20.8. The summed E-state index contributed by atoms with van der Waals surface area (Å²) in [6, 6.07) is 4.55. The molecule has 1 saturated heterocycles. The van der Waals surface area contributed by atoms with E-state index in [1.54, 1.807) is 12.0 Å². The van der Waals surface area contributed by atoms with Crippen molar-refractivity contribution >= 4 is 17.9 Å². The molecule has 1 aromatic rings. The molecule has 2 atom stereocenters. The van der Waals surface area contributed by atoms with Crippen molar-refractivity contribution in [3.63, 3.8) is 0 Å². The molecule has 3 rings (SSSR count). The van der Waals surface area contributed by atoms with E-state index in [0.717, 1.165) is 36.8 Å². The Kier molecular flexibility index (Phi) is 9.73. The molecule has 3 amide bonds. The van der Waals surface area contributed by atoms with Crippen LogP contribution >= 0.6 is 0 Å². The van der Waals surface area contributed by atoms with Gasteiger partial charge in [0.05, 0.1) is 19.7 Å². The minimum atomic E-state index is -1.09. The number of nitrogens with one attached hydrogen (secondary N) is 2. The predicted octanol–water partition coefficient (Wildman–Crippen LogP) is 1.66. The smallest absolute Gasteiger partial charge is 0.407 e. The quantitative estimate of drug-likeness (QED) is 0.414. The Morgan fingerprint density at radius 2 is 1.94 bits per heavy atom. The van der Waals surface area contributed by atoms with Crippen LogP contribution in [-0.4, -0.2) is 77.7 Å². The number of hydrogen-bond acceptors (Lipinski definition) is 6. The Morgan fingerprint density at radius 3 is 2.57 bits per heavy atom. The largest absolute Gasteiger partial charge is 0.496 e. The molecule has 35 heavy (non-hydrogen) atoms. The van der Waals surface area contributed by atoms with E-state index in [4.69, 9.17) is 10.5 Å². The number of nitrogens with zero attached hydrogens (tertiary/aromatic N) is 2. The summed E-state index contributed by atoms with van der Waals surface area (Å²) in [5.41, 5.74) is 7.41. The van der Waals surface area contributed by atoms with Gasteiger partial charge in [-0.3, -0.25) is 9.59 Å². The van der Waals surface area contributed by atoms with E-state index < -0.39 is 18.2 Å². The lowest BCUT2D eigenvalue weighted by Gasteiger charge is -2.41. The van der Waals surface area contributed by atoms with Gasteiger partial charge in [0.2, 0.25) is 11.8 Å². The third kappa shape index (κ3) is 6.85. The molecule has 1 saturated carbocycles. The van der Waals surface area contributed by atoms with Gasteiger partial charge in [0.25, 0.3) is 0 Å². The topological polar surface area (TPSA) is 137 Å². The highest BCUT2D eigenvalue weighted by Crippen LogP contribution is 2.21. The summed E-state index contributed by atoms with van der Waals surface area (Å²) >= 11 is 0. The van der Waals surface area contributed by atoms with Gasteiger partial charge in [-0.1, -0.05) is 38.3 Å². The van der Waals surface area contributed by atoms with E-state index >= 15 is 0 Å². The molecule has 1 heterocycles. The SMILES string of the molecule is CC[C@@H](NC1CCCCC1)C(=O)N1CCN(C(=O)O)C[C@H]1C(=O)NCc1ccc(CN)c(OC)c1. The number of benzene rings is 1. The molecular weight excluding hydrogens is 450 g/mol. The molecule has 2 aliphatic rings. The molecule has 0 radical (unpaired) electrons. The molecule has 1 aliphatic heterocycles. The maximum absolute atomic E-state index is 13.5. The molecule has 0 bridgehead atoms. The maximum atomic E-state index is 13.5. The number of carboxylic acid groups (broad SMARTS) is 1. The molecule has 1 aliphatic carbocycles. The van der Waals surface area contributed by atoms with Crippen molar-refractivity contribution in [2.75, 3.05) is 26.7 Å². The maximum Gasteiger partial charge on any atom is 0.407 e. The van der Waals surface area contributed by atoms with Gasteiger partial charge < -0.3 is 36.0 Å². The van der Waals surface area contributed by atoms with Gasteiger partial charge in [0.1, 0.15) is 11.8 Å². The van der Waals surface area contributed by atoms with Crippen LogP contribution in [0.2, 0.25) is 0 Å². The highest BCUT2D eigenvalue weighted by atomic mass is 16.5. The normalized spacial score (nSPS) is 19.8. The van der Waals surface area contributed by atoms with Crippen LogP contribution in [0.5, 0.6) is 5.75 Å². The van der Waals surface area contributed by atoms with Gasteiger partial charge in [0.15, 0.2) is 0 Å². The Hall–Kier alpha value is -2.85. The Morgan fingerprint density at radius 1 is 1.20 bits per heavy atom. The molecule has 194 valence electrons. The number of nitrogens with two attached hydrogens (primary N) is 1. The van der Waals surface area contributed by atoms with Crippen LogP contribution in [0, 0.1) is 0 Å². The van der Waals surface area contributed by atoms with E-state index in [-0.39, 0.29) is 38.0 Å². The summed E-state index contributed by atoms with van der Waals surface area (Å²) in [5, 5.41) is 15.9. The van der Waals surface area contributed by atoms with Crippen molar-refractivity contribution in [3.8, 4) is 5.75 Å². The first-order valence-corrected chi connectivity index (χ1v) is 12.6. The molecule has 0 aromatic heterocycles. The summed E-state index contributed by atoms with van der Waals surface area (Å²) in [6.45, 7) is 2.84. The summed E-state index contributed by atoms with van der Waals surface area (Å²) in [5.74, 6) is 0.126. The lowest BCUT2D eigenvalue weighted by atomic mass is 9.94. The van der Waals surface area contributed by atoms with E-state index in [9.17, 15) is 19.5 Å². The summed E-state index contributed by atoms with van der Waals surface area (Å²) in [6.07, 6.45) is 5.15. The third-order valence-corrected chi connectivity index (χ3v) is 7.02. The number of piperazine rings is 1. The van der Waals surface area contributed by atoms with E-state index in [0.29, 0.717) is 24.8 Å². The molecule has 10 nitrogen and oxygen atoms in total. The molecule has 5 N–H and O–H groups in total. The second kappa shape index (κ2) is 12.7. The van der Waals surface area contributed by atoms with Crippen molar-refractivity contribution in [1.82, 2.24) is 20.4 Å². The number of methoxy groups -OCH3 is 1. The molecular formula is C25H39N5O5. The van der Waals surface area contributed by atoms with Crippen molar-refractivity contribution in [3.05, 3.63) is 29.3 Å². The summed E-state index contributed by atoms with van der Waals surface area (Å²) < 4.78 is 5.37. The summed E-state index contributed by atoms with van der Waals surface area (Å²) in [7, 11) is 1.56. The molecule has 0 spiro atoms. The number of hydrogen-bond donors (Lipinski definition) is 4. The highest BCUT2D eigenvalue weighted by molar-refractivity contribution is 5.90. The molecule has 10 heteroatoms. The molecule has 2 fully saturated rings. The van der Waals surface area contributed by atoms with Crippen LogP contribution in [-0.2, 0) is 22.7 Å². The van der Waals surface area contributed by atoms with Crippen LogP contribution in [0.15, 0.2) is 18.2 Å². The Balaban J connectivity index is 1.71. The minimum absolute atomic E-state index is 0.0534. The van der Waals surface area contributed by atoms with Crippen LogP contribution in [0.4, 0.5) is 4.79 Å². The van der Waals surface area contributed by atoms with Gasteiger partial charge in [-0.25, -0.2) is 4.79 Å². The fourth-order valence-electron chi connectivity index (χ4n) is 4.94. The van der Waals surface area contributed by atoms with Crippen LogP contribution in [0.25, 0.3) is 0 Å². The predicted molar refractivity (Wildman–Crippen MR) is 132 cm³/mol. The lowest BCUT2D eigenvalue weighted by molar-refractivity contribution is -0.145. The fourth-order valence-corrected chi connectivity index (χ4v) is 4.94. The zero-order chi connectivity index (χ0) is 25.4. The van der Waals surface area contributed by atoms with Crippen LogP contribution in [0.1, 0.15) is 56.6 Å². The Labute approximate surface area is 207 Å². The van der Waals surface area contributed by atoms with E-state index in [1.807, 2.05) is 25.1 Å². The number of carbonyl (C=O) groups excluding carboxylic acids is 2. The van der Waals surface area contributed by atoms with E-state index in [2.05, 4.69) is 10.6 Å². The summed E-state index contributed by atoms with van der Waals surface area (Å²) in [4.78, 5) is 41.1. The standard InChI is InChI=1S/C25H39N5O5/c1-3-20(28-19-7-5-4-6-8-19)24(32)30-12-11-29(25(33)34)16-21(30)23(31)27-15-17-9-10-18(14-26)22(13-17)35-2/h9-10,13,19-21,28H,3-8,11-12,14-16,26H2,1-2H3,(H,27,31)(H,33,34)/t20-,21+/m1/s1.